The molecule has 0 spiro atoms. The topological polar surface area (TPSA) is 87.6 Å². The van der Waals surface area contributed by atoms with Gasteiger partial charge in [-0.2, -0.15) is 8.78 Å². The highest BCUT2D eigenvalue weighted by Gasteiger charge is 2.48. The van der Waals surface area contributed by atoms with Crippen molar-refractivity contribution in [3.8, 4) is 11.1 Å². The molecule has 2 heterocycles. The van der Waals surface area contributed by atoms with Crippen LogP contribution in [0.5, 0.6) is 0 Å². The zero-order chi connectivity index (χ0) is 28.8. The quantitative estimate of drug-likeness (QED) is 0.415. The summed E-state index contributed by atoms with van der Waals surface area (Å²) in [5, 5.41) is 11.1. The van der Waals surface area contributed by atoms with Gasteiger partial charge in [-0.1, -0.05) is 12.1 Å². The van der Waals surface area contributed by atoms with E-state index in [1.807, 2.05) is 0 Å². The number of nitrogens with zero attached hydrogens (tertiary/aromatic N) is 2. The van der Waals surface area contributed by atoms with Gasteiger partial charge < -0.3 is 10.0 Å². The third kappa shape index (κ3) is 6.01. The number of carbonyl (C=O) groups excluding carboxylic acids is 1. The number of benzene rings is 2. The van der Waals surface area contributed by atoms with Gasteiger partial charge in [0, 0.05) is 18.1 Å². The fourth-order valence-electron chi connectivity index (χ4n) is 4.12. The van der Waals surface area contributed by atoms with Crippen molar-refractivity contribution in [2.75, 3.05) is 5.75 Å². The van der Waals surface area contributed by atoms with Crippen molar-refractivity contribution < 1.29 is 40.3 Å². The van der Waals surface area contributed by atoms with E-state index >= 15 is 8.78 Å². The Labute approximate surface area is 221 Å². The maximum absolute atomic E-state index is 15.6. The lowest BCUT2D eigenvalue weighted by atomic mass is 9.99. The summed E-state index contributed by atoms with van der Waals surface area (Å²) in [6, 6.07) is 6.64. The summed E-state index contributed by atoms with van der Waals surface area (Å²) in [6.07, 6.45) is 2.41. The van der Waals surface area contributed by atoms with Crippen LogP contribution in [0.4, 0.5) is 22.0 Å². The number of carbonyl (C=O) groups is 1. The molecule has 0 saturated heterocycles. The third-order valence-corrected chi connectivity index (χ3v) is 7.58. The highest BCUT2D eigenvalue weighted by molar-refractivity contribution is 7.94. The number of rotatable bonds is 7. The number of amides is 1. The number of pyridine rings is 1. The first-order valence-electron chi connectivity index (χ1n) is 11.6. The van der Waals surface area contributed by atoms with E-state index in [1.165, 1.54) is 32.2 Å². The molecule has 0 saturated carbocycles. The molecule has 1 aromatic heterocycles. The van der Waals surface area contributed by atoms with Crippen molar-refractivity contribution in [3.63, 3.8) is 0 Å². The first kappa shape index (κ1) is 28.4. The summed E-state index contributed by atoms with van der Waals surface area (Å²) >= 11 is 0. The summed E-state index contributed by atoms with van der Waals surface area (Å²) in [6.45, 7) is 2.42. The Bertz CT molecular complexity index is 1570. The molecule has 2 aromatic carbocycles. The lowest BCUT2D eigenvalue weighted by molar-refractivity contribution is -0.161. The van der Waals surface area contributed by atoms with Crippen LogP contribution in [-0.4, -0.2) is 41.1 Å². The summed E-state index contributed by atoms with van der Waals surface area (Å²) < 4.78 is 97.0. The molecule has 1 aliphatic heterocycles. The normalized spacial score (nSPS) is 16.9. The first-order valence-corrected chi connectivity index (χ1v) is 13.3. The number of sulfone groups is 1. The minimum atomic E-state index is -4.43. The summed E-state index contributed by atoms with van der Waals surface area (Å²) in [5.41, 5.74) is -2.21. The van der Waals surface area contributed by atoms with E-state index in [1.54, 1.807) is 0 Å². The van der Waals surface area contributed by atoms with Crippen molar-refractivity contribution in [2.45, 2.75) is 38.0 Å². The van der Waals surface area contributed by atoms with Gasteiger partial charge in [0.15, 0.2) is 21.5 Å². The highest BCUT2D eigenvalue weighted by atomic mass is 32.2. The molecule has 4 rings (SSSR count). The lowest BCUT2D eigenvalue weighted by Crippen LogP contribution is -2.47. The third-order valence-electron chi connectivity index (χ3n) is 6.21. The summed E-state index contributed by atoms with van der Waals surface area (Å²) in [7, 11) is -3.76. The Hall–Kier alpha value is -3.64. The second kappa shape index (κ2) is 10.2. The summed E-state index contributed by atoms with van der Waals surface area (Å²) in [4.78, 5) is 17.9. The number of hydrogen-bond acceptors (Lipinski definition) is 5. The molecule has 0 bridgehead atoms. The standard InChI is InChI=1S/C27H23F5N2O4S/c1-26(2,36)24-11-16(7-9-33-24)14-34(19-8-10-39(37,38)15-19)25(35)27(31,32)20-5-3-17(12-22(20)29)18-4-6-21(28)23(30)13-18/h3-13,19,36H,14-15H2,1-2H3/t19-/m1/s1. The van der Waals surface area contributed by atoms with Crippen molar-refractivity contribution in [1.82, 2.24) is 9.88 Å². The van der Waals surface area contributed by atoms with Gasteiger partial charge in [0.25, 0.3) is 5.91 Å². The van der Waals surface area contributed by atoms with Crippen molar-refractivity contribution >= 4 is 15.7 Å². The van der Waals surface area contributed by atoms with Crippen molar-refractivity contribution in [2.24, 2.45) is 0 Å². The number of alkyl halides is 2. The molecule has 1 aliphatic rings. The Morgan fingerprint density at radius 3 is 2.21 bits per heavy atom. The maximum atomic E-state index is 15.6. The predicted molar refractivity (Wildman–Crippen MR) is 132 cm³/mol. The molecule has 39 heavy (non-hydrogen) atoms. The first-order chi connectivity index (χ1) is 18.1. The molecule has 206 valence electrons. The van der Waals surface area contributed by atoms with Crippen LogP contribution in [0.3, 0.4) is 0 Å². The SMILES string of the molecule is CC(C)(O)c1cc(CN(C(=O)C(F)(F)c2ccc(-c3ccc(F)c(F)c3)cc2F)[C@@H]2C=CS(=O)(=O)C2)ccn1. The minimum absolute atomic E-state index is 0.0252. The van der Waals surface area contributed by atoms with Crippen LogP contribution >= 0.6 is 0 Å². The molecule has 12 heteroatoms. The number of hydrogen-bond donors (Lipinski definition) is 1. The van der Waals surface area contributed by atoms with E-state index in [4.69, 9.17) is 0 Å². The number of halogens is 5. The Morgan fingerprint density at radius 1 is 1.00 bits per heavy atom. The van der Waals surface area contributed by atoms with E-state index < -0.39 is 68.6 Å². The van der Waals surface area contributed by atoms with E-state index in [0.29, 0.717) is 17.0 Å². The van der Waals surface area contributed by atoms with Gasteiger partial charge in [0.05, 0.1) is 23.1 Å². The average Bonchev–Trinajstić information content (AvgIpc) is 3.22. The Kier molecular flexibility index (Phi) is 7.39. The zero-order valence-corrected chi connectivity index (χ0v) is 21.5. The van der Waals surface area contributed by atoms with Gasteiger partial charge in [-0.15, -0.1) is 0 Å². The molecule has 3 aromatic rings. The lowest BCUT2D eigenvalue weighted by Gasteiger charge is -2.31. The van der Waals surface area contributed by atoms with Crippen LogP contribution in [0, 0.1) is 17.5 Å². The van der Waals surface area contributed by atoms with Gasteiger partial charge in [0.2, 0.25) is 0 Å². The van der Waals surface area contributed by atoms with Gasteiger partial charge in [-0.05, 0) is 73.0 Å². The van der Waals surface area contributed by atoms with E-state index in [9.17, 15) is 31.5 Å². The molecule has 0 aliphatic carbocycles. The highest BCUT2D eigenvalue weighted by Crippen LogP contribution is 2.36. The van der Waals surface area contributed by atoms with Crippen LogP contribution in [0.15, 0.2) is 66.2 Å². The molecule has 1 N–H and O–H groups in total. The van der Waals surface area contributed by atoms with Gasteiger partial charge in [-0.25, -0.2) is 21.6 Å². The summed E-state index contributed by atoms with van der Waals surface area (Å²) in [5.74, 6) is -10.7. The fraction of sp³-hybridized carbons (Fsp3) is 0.259. The van der Waals surface area contributed by atoms with Crippen LogP contribution in [0.1, 0.15) is 30.7 Å². The average molecular weight is 567 g/mol. The van der Waals surface area contributed by atoms with Crippen LogP contribution in [-0.2, 0) is 32.7 Å². The second-order valence-electron chi connectivity index (χ2n) is 9.66. The molecule has 0 fully saturated rings. The maximum Gasteiger partial charge on any atom is 0.352 e. The molecule has 1 amide bonds. The number of aromatic nitrogens is 1. The predicted octanol–water partition coefficient (Wildman–Crippen LogP) is 4.82. The molecule has 6 nitrogen and oxygen atoms in total. The van der Waals surface area contributed by atoms with Crippen molar-refractivity contribution in [3.05, 3.63) is 100 Å². The monoisotopic (exact) mass is 566 g/mol. The largest absolute Gasteiger partial charge is 0.384 e. The number of aliphatic hydroxyl groups is 1. The van der Waals surface area contributed by atoms with E-state index in [-0.39, 0.29) is 22.4 Å². The second-order valence-corrected chi connectivity index (χ2v) is 11.6. The Balaban J connectivity index is 1.70. The van der Waals surface area contributed by atoms with Gasteiger partial charge in [-0.3, -0.25) is 9.78 Å². The fourth-order valence-corrected chi connectivity index (χ4v) is 5.42. The van der Waals surface area contributed by atoms with Crippen LogP contribution in [0.25, 0.3) is 11.1 Å². The molecule has 0 unspecified atom stereocenters. The minimum Gasteiger partial charge on any atom is -0.384 e. The smallest absolute Gasteiger partial charge is 0.352 e. The van der Waals surface area contributed by atoms with Gasteiger partial charge in [0.1, 0.15) is 11.4 Å². The van der Waals surface area contributed by atoms with E-state index in [0.717, 1.165) is 35.7 Å². The molecule has 0 radical (unpaired) electrons. The van der Waals surface area contributed by atoms with Crippen LogP contribution < -0.4 is 0 Å². The molecular formula is C27H23F5N2O4S. The zero-order valence-electron chi connectivity index (χ0n) is 20.7. The van der Waals surface area contributed by atoms with Gasteiger partial charge >= 0.3 is 5.92 Å². The van der Waals surface area contributed by atoms with E-state index in [2.05, 4.69) is 4.98 Å². The molecule has 1 atom stereocenters. The Morgan fingerprint density at radius 2 is 1.64 bits per heavy atom. The van der Waals surface area contributed by atoms with Crippen LogP contribution in [0.2, 0.25) is 0 Å². The molecular weight excluding hydrogens is 543 g/mol. The van der Waals surface area contributed by atoms with Crippen molar-refractivity contribution in [1.29, 1.82) is 0 Å².